The molecule has 5 heteroatoms. The molecule has 2 aromatic rings. The Morgan fingerprint density at radius 2 is 2.00 bits per heavy atom. The highest BCUT2D eigenvalue weighted by Crippen LogP contribution is 2.49. The number of fused-ring (bicyclic) bond motifs is 3. The zero-order valence-corrected chi connectivity index (χ0v) is 15.2. The van der Waals surface area contributed by atoms with Gasteiger partial charge in [0.2, 0.25) is 0 Å². The number of ether oxygens (including phenoxy) is 1. The molecule has 0 N–H and O–H groups in total. The first kappa shape index (κ1) is 15.8. The van der Waals surface area contributed by atoms with E-state index in [4.69, 9.17) is 17.0 Å². The van der Waals surface area contributed by atoms with Crippen molar-refractivity contribution in [3.63, 3.8) is 0 Å². The maximum Gasteiger partial charge on any atom is 0.265 e. The second-order valence-electron chi connectivity index (χ2n) is 7.86. The van der Waals surface area contributed by atoms with Crippen LogP contribution in [0.3, 0.4) is 0 Å². The Bertz CT molecular complexity index is 791. The van der Waals surface area contributed by atoms with E-state index >= 15 is 0 Å². The molecule has 2 bridgehead atoms. The fraction of sp³-hybridized carbons (Fsp3) is 0.526. The van der Waals surface area contributed by atoms with E-state index in [2.05, 4.69) is 35.6 Å². The maximum absolute atomic E-state index is 6.01. The van der Waals surface area contributed by atoms with Crippen LogP contribution in [0, 0.1) is 17.3 Å². The molecule has 3 atom stereocenters. The Hall–Kier alpha value is -1.75. The smallest absolute Gasteiger partial charge is 0.265 e. The highest BCUT2D eigenvalue weighted by Gasteiger charge is 2.48. The number of aromatic nitrogens is 2. The lowest BCUT2D eigenvalue weighted by Gasteiger charge is -2.40. The van der Waals surface area contributed by atoms with Crippen molar-refractivity contribution in [2.24, 2.45) is 17.3 Å². The second-order valence-corrected chi connectivity index (χ2v) is 8.21. The Kier molecular flexibility index (Phi) is 3.71. The molecule has 2 fully saturated rings. The van der Waals surface area contributed by atoms with Crippen molar-refractivity contribution in [3.05, 3.63) is 30.6 Å². The Balaban J connectivity index is 1.52. The topological polar surface area (TPSA) is 38.2 Å². The molecule has 3 unspecified atom stereocenters. The summed E-state index contributed by atoms with van der Waals surface area (Å²) >= 11 is 5.62. The molecule has 1 aromatic carbocycles. The Labute approximate surface area is 148 Å². The number of hydrogen-bond donors (Lipinski definition) is 0. The molecule has 1 aliphatic carbocycles. The highest BCUT2D eigenvalue weighted by atomic mass is 32.1. The van der Waals surface area contributed by atoms with Gasteiger partial charge in [0.1, 0.15) is 5.75 Å². The number of likely N-dealkylation sites (tertiary alicyclic amines) is 1. The van der Waals surface area contributed by atoms with Crippen LogP contribution in [0.15, 0.2) is 30.6 Å². The van der Waals surface area contributed by atoms with Crippen LogP contribution >= 0.6 is 12.2 Å². The van der Waals surface area contributed by atoms with Crippen LogP contribution in [0.4, 0.5) is 0 Å². The molecule has 1 saturated carbocycles. The molecule has 1 saturated heterocycles. The number of thiocarbonyl (C=S) groups is 1. The van der Waals surface area contributed by atoms with Crippen LogP contribution < -0.4 is 4.74 Å². The maximum atomic E-state index is 6.01. The van der Waals surface area contributed by atoms with Crippen molar-refractivity contribution < 1.29 is 4.74 Å². The standard InChI is InChI=1S/C19H23N3OS/c1-12-13-8-14(10-19(12,2)3)22(11-13)18(24)23-15-4-5-16-17(9-15)21-7-6-20-16/h4-7,9,12-14H,8,10-11H2,1-3H3. The molecular formula is C19H23N3OS. The lowest BCUT2D eigenvalue weighted by Crippen LogP contribution is -2.40. The van der Waals surface area contributed by atoms with Crippen LogP contribution in [0.5, 0.6) is 5.75 Å². The normalized spacial score (nSPS) is 28.1. The molecular weight excluding hydrogens is 318 g/mol. The van der Waals surface area contributed by atoms with E-state index < -0.39 is 0 Å². The van der Waals surface area contributed by atoms with Gasteiger partial charge in [-0.1, -0.05) is 20.8 Å². The van der Waals surface area contributed by atoms with Gasteiger partial charge in [-0.05, 0) is 54.4 Å². The zero-order chi connectivity index (χ0) is 16.9. The molecule has 4 nitrogen and oxygen atoms in total. The van der Waals surface area contributed by atoms with E-state index in [1.54, 1.807) is 12.4 Å². The van der Waals surface area contributed by atoms with Gasteiger partial charge in [0, 0.05) is 31.0 Å². The minimum absolute atomic E-state index is 0.372. The van der Waals surface area contributed by atoms with Crippen molar-refractivity contribution in [3.8, 4) is 5.75 Å². The number of nitrogens with zero attached hydrogens (tertiary/aromatic N) is 3. The Morgan fingerprint density at radius 3 is 2.79 bits per heavy atom. The van der Waals surface area contributed by atoms with Gasteiger partial charge in [0.25, 0.3) is 5.17 Å². The number of hydrogen-bond acceptors (Lipinski definition) is 4. The molecule has 24 heavy (non-hydrogen) atoms. The lowest BCUT2D eigenvalue weighted by atomic mass is 9.65. The van der Waals surface area contributed by atoms with Crippen molar-refractivity contribution in [1.29, 1.82) is 0 Å². The summed E-state index contributed by atoms with van der Waals surface area (Å²) in [6.07, 6.45) is 5.80. The van der Waals surface area contributed by atoms with Gasteiger partial charge < -0.3 is 9.64 Å². The first-order chi connectivity index (χ1) is 11.4. The fourth-order valence-corrected chi connectivity index (χ4v) is 4.65. The van der Waals surface area contributed by atoms with Crippen LogP contribution in [-0.2, 0) is 0 Å². The fourth-order valence-electron chi connectivity index (χ4n) is 4.33. The third-order valence-corrected chi connectivity index (χ3v) is 6.35. The summed E-state index contributed by atoms with van der Waals surface area (Å²) in [4.78, 5) is 10.9. The Morgan fingerprint density at radius 1 is 1.25 bits per heavy atom. The molecule has 2 heterocycles. The molecule has 0 amide bonds. The summed E-state index contributed by atoms with van der Waals surface area (Å²) in [5.41, 5.74) is 2.06. The van der Waals surface area contributed by atoms with Crippen LogP contribution in [0.2, 0.25) is 0 Å². The summed E-state index contributed by atoms with van der Waals surface area (Å²) in [6, 6.07) is 6.25. The molecule has 1 aliphatic heterocycles. The van der Waals surface area contributed by atoms with Gasteiger partial charge in [-0.3, -0.25) is 9.97 Å². The predicted molar refractivity (Wildman–Crippen MR) is 98.9 cm³/mol. The van der Waals surface area contributed by atoms with Crippen LogP contribution in [-0.4, -0.2) is 32.6 Å². The SMILES string of the molecule is CC1C2CC(CC1(C)C)N(C(=S)Oc1ccc3nccnc3c1)C2. The quantitative estimate of drug-likeness (QED) is 0.732. The third kappa shape index (κ3) is 2.65. The average molecular weight is 341 g/mol. The molecule has 4 rings (SSSR count). The van der Waals surface area contributed by atoms with Gasteiger partial charge in [-0.2, -0.15) is 0 Å². The van der Waals surface area contributed by atoms with Crippen molar-refractivity contribution in [1.82, 2.24) is 14.9 Å². The minimum Gasteiger partial charge on any atom is -0.432 e. The van der Waals surface area contributed by atoms with E-state index in [-0.39, 0.29) is 0 Å². The van der Waals surface area contributed by atoms with E-state index in [9.17, 15) is 0 Å². The van der Waals surface area contributed by atoms with E-state index in [1.807, 2.05) is 18.2 Å². The zero-order valence-electron chi connectivity index (χ0n) is 14.4. The van der Waals surface area contributed by atoms with Crippen molar-refractivity contribution in [2.45, 2.75) is 39.7 Å². The molecule has 0 radical (unpaired) electrons. The minimum atomic E-state index is 0.372. The summed E-state index contributed by atoms with van der Waals surface area (Å²) < 4.78 is 6.01. The summed E-state index contributed by atoms with van der Waals surface area (Å²) in [6.45, 7) is 8.16. The van der Waals surface area contributed by atoms with Crippen molar-refractivity contribution in [2.75, 3.05) is 6.54 Å². The monoisotopic (exact) mass is 341 g/mol. The largest absolute Gasteiger partial charge is 0.432 e. The molecule has 0 spiro atoms. The molecule has 1 aromatic heterocycles. The van der Waals surface area contributed by atoms with E-state index in [0.29, 0.717) is 22.5 Å². The summed E-state index contributed by atoms with van der Waals surface area (Å²) in [7, 11) is 0. The second kappa shape index (κ2) is 5.66. The third-order valence-electron chi connectivity index (χ3n) is 6.03. The van der Waals surface area contributed by atoms with Gasteiger partial charge in [-0.15, -0.1) is 0 Å². The average Bonchev–Trinajstić information content (AvgIpc) is 2.92. The van der Waals surface area contributed by atoms with Gasteiger partial charge in [0.05, 0.1) is 11.0 Å². The first-order valence-corrected chi connectivity index (χ1v) is 9.04. The predicted octanol–water partition coefficient (Wildman–Crippen LogP) is 4.05. The van der Waals surface area contributed by atoms with Gasteiger partial charge >= 0.3 is 0 Å². The summed E-state index contributed by atoms with van der Waals surface area (Å²) in [5.74, 6) is 2.17. The van der Waals surface area contributed by atoms with Crippen LogP contribution in [0.25, 0.3) is 11.0 Å². The van der Waals surface area contributed by atoms with E-state index in [1.165, 1.54) is 12.8 Å². The van der Waals surface area contributed by atoms with Gasteiger partial charge in [0.15, 0.2) is 0 Å². The number of benzene rings is 1. The molecule has 2 aliphatic rings. The van der Waals surface area contributed by atoms with Gasteiger partial charge in [-0.25, -0.2) is 0 Å². The molecule has 126 valence electrons. The van der Waals surface area contributed by atoms with Crippen molar-refractivity contribution >= 4 is 28.4 Å². The van der Waals surface area contributed by atoms with E-state index in [0.717, 1.165) is 29.2 Å². The first-order valence-electron chi connectivity index (χ1n) is 8.63. The summed E-state index contributed by atoms with van der Waals surface area (Å²) in [5, 5.41) is 0.593. The number of rotatable bonds is 1. The lowest BCUT2D eigenvalue weighted by molar-refractivity contribution is 0.106. The highest BCUT2D eigenvalue weighted by molar-refractivity contribution is 7.80. The van der Waals surface area contributed by atoms with Crippen LogP contribution in [0.1, 0.15) is 33.6 Å².